The van der Waals surface area contributed by atoms with Gasteiger partial charge in [-0.3, -0.25) is 9.97 Å². The first kappa shape index (κ1) is 20.8. The molecule has 0 saturated heterocycles. The van der Waals surface area contributed by atoms with E-state index in [-0.39, 0.29) is 0 Å². The highest BCUT2D eigenvalue weighted by molar-refractivity contribution is 6.58. The van der Waals surface area contributed by atoms with Gasteiger partial charge < -0.3 is 10.0 Å². The van der Waals surface area contributed by atoms with Gasteiger partial charge in [-0.1, -0.05) is 84.9 Å². The smallest absolute Gasteiger partial charge is 0.423 e. The minimum atomic E-state index is -1.59. The SMILES string of the molecule is OB(O)c1cc(-c2ccc(-c3ccccc3)cn2)cc(-c2ccc(-c3ccccc3)cn2)c1. The molecule has 0 amide bonds. The van der Waals surface area contributed by atoms with Crippen molar-refractivity contribution in [2.75, 3.05) is 0 Å². The van der Waals surface area contributed by atoms with Crippen molar-refractivity contribution in [2.45, 2.75) is 0 Å². The fourth-order valence-electron chi connectivity index (χ4n) is 3.83. The first-order chi connectivity index (χ1) is 16.2. The highest BCUT2D eigenvalue weighted by Crippen LogP contribution is 2.27. The third kappa shape index (κ3) is 4.60. The van der Waals surface area contributed by atoms with E-state index in [0.29, 0.717) is 5.46 Å². The zero-order valence-corrected chi connectivity index (χ0v) is 17.8. The average Bonchev–Trinajstić information content (AvgIpc) is 2.89. The Hall–Kier alpha value is -4.06. The zero-order valence-electron chi connectivity index (χ0n) is 17.8. The van der Waals surface area contributed by atoms with Gasteiger partial charge in [0.15, 0.2) is 0 Å². The molecule has 5 rings (SSSR count). The van der Waals surface area contributed by atoms with Crippen molar-refractivity contribution in [3.8, 4) is 44.8 Å². The molecule has 158 valence electrons. The fraction of sp³-hybridized carbons (Fsp3) is 0. The maximum atomic E-state index is 9.87. The van der Waals surface area contributed by atoms with Gasteiger partial charge in [0.05, 0.1) is 11.4 Å². The van der Waals surface area contributed by atoms with Crippen LogP contribution in [0.5, 0.6) is 0 Å². The Kier molecular flexibility index (Phi) is 5.81. The molecule has 0 aliphatic heterocycles. The van der Waals surface area contributed by atoms with Crippen LogP contribution >= 0.6 is 0 Å². The Bertz CT molecular complexity index is 1250. The molecule has 0 saturated carbocycles. The maximum absolute atomic E-state index is 9.87. The van der Waals surface area contributed by atoms with Crippen LogP contribution in [-0.4, -0.2) is 27.1 Å². The van der Waals surface area contributed by atoms with Crippen molar-refractivity contribution < 1.29 is 10.0 Å². The summed E-state index contributed by atoms with van der Waals surface area (Å²) in [5.41, 5.74) is 7.73. The molecule has 0 bridgehead atoms. The predicted octanol–water partition coefficient (Wildman–Crippen LogP) is 4.82. The summed E-state index contributed by atoms with van der Waals surface area (Å²) >= 11 is 0. The topological polar surface area (TPSA) is 66.2 Å². The van der Waals surface area contributed by atoms with Crippen molar-refractivity contribution in [1.82, 2.24) is 9.97 Å². The Morgan fingerprint density at radius 1 is 0.455 bits per heavy atom. The third-order valence-electron chi connectivity index (χ3n) is 5.59. The summed E-state index contributed by atoms with van der Waals surface area (Å²) in [6.45, 7) is 0. The van der Waals surface area contributed by atoms with E-state index < -0.39 is 7.12 Å². The van der Waals surface area contributed by atoms with Crippen LogP contribution in [0.25, 0.3) is 44.8 Å². The van der Waals surface area contributed by atoms with E-state index in [9.17, 15) is 10.0 Å². The molecule has 0 aliphatic carbocycles. The van der Waals surface area contributed by atoms with E-state index in [2.05, 4.69) is 9.97 Å². The van der Waals surface area contributed by atoms with E-state index in [1.807, 2.05) is 103 Å². The summed E-state index contributed by atoms with van der Waals surface area (Å²) in [7, 11) is -1.59. The standard InChI is InChI=1S/C28H21BN2O2/c32-29(33)26-16-24(27-13-11-22(18-30-27)20-7-3-1-4-8-20)15-25(17-26)28-14-12-23(19-31-28)21-9-5-2-6-10-21/h1-19,32-33H. The summed E-state index contributed by atoms with van der Waals surface area (Å²) in [6, 6.07) is 33.5. The molecule has 2 heterocycles. The zero-order chi connectivity index (χ0) is 22.6. The van der Waals surface area contributed by atoms with Gasteiger partial charge in [-0.25, -0.2) is 0 Å². The molecule has 0 radical (unpaired) electrons. The van der Waals surface area contributed by atoms with Crippen LogP contribution in [0.4, 0.5) is 0 Å². The van der Waals surface area contributed by atoms with Gasteiger partial charge in [-0.2, -0.15) is 0 Å². The van der Waals surface area contributed by atoms with Crippen LogP contribution in [0.1, 0.15) is 0 Å². The first-order valence-corrected chi connectivity index (χ1v) is 10.7. The normalized spacial score (nSPS) is 10.7. The Morgan fingerprint density at radius 2 is 0.909 bits per heavy atom. The van der Waals surface area contributed by atoms with Gasteiger partial charge >= 0.3 is 7.12 Å². The van der Waals surface area contributed by atoms with Gasteiger partial charge in [-0.05, 0) is 34.8 Å². The second kappa shape index (κ2) is 9.21. The van der Waals surface area contributed by atoms with Crippen molar-refractivity contribution in [2.24, 2.45) is 0 Å². The lowest BCUT2D eigenvalue weighted by Gasteiger charge is -2.11. The summed E-state index contributed by atoms with van der Waals surface area (Å²) in [5.74, 6) is 0. The molecule has 33 heavy (non-hydrogen) atoms. The van der Waals surface area contributed by atoms with E-state index in [1.54, 1.807) is 12.1 Å². The van der Waals surface area contributed by atoms with Gasteiger partial charge in [0, 0.05) is 34.6 Å². The molecule has 3 aromatic carbocycles. The van der Waals surface area contributed by atoms with Crippen molar-refractivity contribution in [1.29, 1.82) is 0 Å². The summed E-state index contributed by atoms with van der Waals surface area (Å²) in [6.07, 6.45) is 3.67. The van der Waals surface area contributed by atoms with Crippen LogP contribution in [0.2, 0.25) is 0 Å². The van der Waals surface area contributed by atoms with Gasteiger partial charge in [-0.15, -0.1) is 0 Å². The minimum absolute atomic E-state index is 0.394. The summed E-state index contributed by atoms with van der Waals surface area (Å²) in [5, 5.41) is 19.7. The number of pyridine rings is 2. The first-order valence-electron chi connectivity index (χ1n) is 10.7. The molecule has 0 fully saturated rings. The highest BCUT2D eigenvalue weighted by atomic mass is 16.4. The molecule has 2 N–H and O–H groups in total. The molecular weight excluding hydrogens is 407 g/mol. The van der Waals surface area contributed by atoms with E-state index >= 15 is 0 Å². The molecule has 0 spiro atoms. The second-order valence-corrected chi connectivity index (χ2v) is 7.81. The number of hydrogen-bond acceptors (Lipinski definition) is 4. The molecule has 2 aromatic heterocycles. The molecule has 0 atom stereocenters. The molecular formula is C28H21BN2O2. The number of aromatic nitrogens is 2. The highest BCUT2D eigenvalue weighted by Gasteiger charge is 2.16. The lowest BCUT2D eigenvalue weighted by atomic mass is 9.78. The maximum Gasteiger partial charge on any atom is 0.488 e. The molecule has 5 aromatic rings. The van der Waals surface area contributed by atoms with Crippen LogP contribution in [-0.2, 0) is 0 Å². The van der Waals surface area contributed by atoms with Crippen LogP contribution in [0.3, 0.4) is 0 Å². The number of benzene rings is 3. The van der Waals surface area contributed by atoms with Crippen molar-refractivity contribution in [3.05, 3.63) is 116 Å². The van der Waals surface area contributed by atoms with E-state index in [0.717, 1.165) is 44.8 Å². The molecule has 0 unspecified atom stereocenters. The van der Waals surface area contributed by atoms with Crippen molar-refractivity contribution >= 4 is 12.6 Å². The van der Waals surface area contributed by atoms with Crippen LogP contribution in [0, 0.1) is 0 Å². The number of rotatable bonds is 5. The molecule has 4 nitrogen and oxygen atoms in total. The van der Waals surface area contributed by atoms with E-state index in [1.165, 1.54) is 0 Å². The quantitative estimate of drug-likeness (QED) is 0.394. The van der Waals surface area contributed by atoms with Gasteiger partial charge in [0.2, 0.25) is 0 Å². The lowest BCUT2D eigenvalue weighted by Crippen LogP contribution is -2.30. The average molecular weight is 428 g/mol. The van der Waals surface area contributed by atoms with Crippen LogP contribution in [0.15, 0.2) is 116 Å². The second-order valence-electron chi connectivity index (χ2n) is 7.81. The molecule has 5 heteroatoms. The molecule has 0 aliphatic rings. The lowest BCUT2D eigenvalue weighted by molar-refractivity contribution is 0.426. The van der Waals surface area contributed by atoms with E-state index in [4.69, 9.17) is 0 Å². The van der Waals surface area contributed by atoms with Crippen LogP contribution < -0.4 is 5.46 Å². The Labute approximate surface area is 193 Å². The summed E-state index contributed by atoms with van der Waals surface area (Å²) < 4.78 is 0. The number of hydrogen-bond donors (Lipinski definition) is 2. The Morgan fingerprint density at radius 3 is 1.27 bits per heavy atom. The minimum Gasteiger partial charge on any atom is -0.423 e. The van der Waals surface area contributed by atoms with Gasteiger partial charge in [0.1, 0.15) is 0 Å². The monoisotopic (exact) mass is 428 g/mol. The fourth-order valence-corrected chi connectivity index (χ4v) is 3.83. The predicted molar refractivity (Wildman–Crippen MR) is 134 cm³/mol. The van der Waals surface area contributed by atoms with Crippen molar-refractivity contribution in [3.63, 3.8) is 0 Å². The summed E-state index contributed by atoms with van der Waals surface area (Å²) in [4.78, 5) is 9.26. The van der Waals surface area contributed by atoms with Gasteiger partial charge in [0.25, 0.3) is 0 Å². The number of nitrogens with zero attached hydrogens (tertiary/aromatic N) is 2. The third-order valence-corrected chi connectivity index (χ3v) is 5.59. The Balaban J connectivity index is 1.50. The largest absolute Gasteiger partial charge is 0.488 e.